The second-order valence-corrected chi connectivity index (χ2v) is 6.46. The summed E-state index contributed by atoms with van der Waals surface area (Å²) in [6.07, 6.45) is 0.645. The highest BCUT2D eigenvalue weighted by Crippen LogP contribution is 2.36. The summed E-state index contributed by atoms with van der Waals surface area (Å²) >= 11 is 0.805. The van der Waals surface area contributed by atoms with Crippen LogP contribution in [-0.4, -0.2) is 16.0 Å². The number of nitrogens with zero attached hydrogens (tertiary/aromatic N) is 1. The molecule has 122 valence electrons. The highest BCUT2D eigenvalue weighted by molar-refractivity contribution is 8.18. The number of thioether (sulfide) groups is 1. The molecule has 1 heterocycles. The van der Waals surface area contributed by atoms with Gasteiger partial charge in [0.15, 0.2) is 0 Å². The van der Waals surface area contributed by atoms with Crippen LogP contribution in [0, 0.1) is 12.7 Å². The Balaban J connectivity index is 1.87. The zero-order chi connectivity index (χ0) is 17.3. The molecule has 1 saturated heterocycles. The van der Waals surface area contributed by atoms with E-state index in [9.17, 15) is 14.0 Å². The smallest absolute Gasteiger partial charge is 0.295 e. The van der Waals surface area contributed by atoms with Crippen molar-refractivity contribution < 1.29 is 14.0 Å². The third-order valence-electron chi connectivity index (χ3n) is 3.67. The first-order chi connectivity index (χ1) is 11.5. The second kappa shape index (κ2) is 6.59. The quantitative estimate of drug-likeness (QED) is 0.861. The topological polar surface area (TPSA) is 63.4 Å². The van der Waals surface area contributed by atoms with Crippen LogP contribution >= 0.6 is 11.8 Å². The molecule has 0 saturated carbocycles. The van der Waals surface area contributed by atoms with Crippen LogP contribution in [-0.2, 0) is 4.79 Å². The van der Waals surface area contributed by atoms with Gasteiger partial charge in [-0.2, -0.15) is 0 Å². The number of amides is 2. The van der Waals surface area contributed by atoms with E-state index in [1.807, 2.05) is 19.1 Å². The van der Waals surface area contributed by atoms with Gasteiger partial charge < -0.3 is 5.73 Å². The van der Waals surface area contributed by atoms with Gasteiger partial charge in [0.05, 0.1) is 4.91 Å². The van der Waals surface area contributed by atoms with Crippen molar-refractivity contribution in [3.05, 3.63) is 75.9 Å². The molecule has 1 unspecified atom stereocenters. The zero-order valence-electron chi connectivity index (χ0n) is 12.9. The fourth-order valence-electron chi connectivity index (χ4n) is 2.38. The summed E-state index contributed by atoms with van der Waals surface area (Å²) in [6.45, 7) is 1.94. The van der Waals surface area contributed by atoms with E-state index < -0.39 is 23.1 Å². The molecule has 3 rings (SSSR count). The minimum absolute atomic E-state index is 0.230. The van der Waals surface area contributed by atoms with E-state index in [-0.39, 0.29) is 4.91 Å². The fraction of sp³-hybridized carbons (Fsp3) is 0.111. The van der Waals surface area contributed by atoms with Gasteiger partial charge >= 0.3 is 0 Å². The van der Waals surface area contributed by atoms with Gasteiger partial charge in [-0.15, -0.1) is 0 Å². The van der Waals surface area contributed by atoms with E-state index >= 15 is 0 Å². The van der Waals surface area contributed by atoms with Crippen LogP contribution in [0.25, 0.3) is 6.08 Å². The van der Waals surface area contributed by atoms with Crippen LogP contribution in [0.4, 0.5) is 9.18 Å². The van der Waals surface area contributed by atoms with Gasteiger partial charge in [0.1, 0.15) is 12.0 Å². The lowest BCUT2D eigenvalue weighted by atomic mass is 10.1. The van der Waals surface area contributed by atoms with Crippen LogP contribution in [0.2, 0.25) is 0 Å². The third-order valence-corrected chi connectivity index (χ3v) is 4.55. The molecular formula is C18H15FN2O2S. The van der Waals surface area contributed by atoms with E-state index in [0.29, 0.717) is 11.1 Å². The summed E-state index contributed by atoms with van der Waals surface area (Å²) < 4.78 is 13.3. The van der Waals surface area contributed by atoms with Crippen molar-refractivity contribution in [2.75, 3.05) is 0 Å². The zero-order valence-corrected chi connectivity index (χ0v) is 13.7. The lowest BCUT2D eigenvalue weighted by Crippen LogP contribution is -2.37. The second-order valence-electron chi connectivity index (χ2n) is 5.46. The Kier molecular flexibility index (Phi) is 4.51. The molecule has 0 spiro atoms. The summed E-state index contributed by atoms with van der Waals surface area (Å²) in [5.74, 6) is -0.873. The molecule has 0 aliphatic carbocycles. The maximum absolute atomic E-state index is 13.3. The number of rotatable bonds is 3. The Labute approximate surface area is 143 Å². The van der Waals surface area contributed by atoms with Gasteiger partial charge in [0.2, 0.25) is 0 Å². The minimum Gasteiger partial charge on any atom is -0.307 e. The first-order valence-electron chi connectivity index (χ1n) is 7.30. The molecule has 24 heavy (non-hydrogen) atoms. The van der Waals surface area contributed by atoms with Crippen molar-refractivity contribution in [2.24, 2.45) is 5.73 Å². The summed E-state index contributed by atoms with van der Waals surface area (Å²) in [5, 5.41) is -0.435. The minimum atomic E-state index is -0.850. The average Bonchev–Trinajstić information content (AvgIpc) is 2.81. The van der Waals surface area contributed by atoms with E-state index in [2.05, 4.69) is 0 Å². The first-order valence-corrected chi connectivity index (χ1v) is 8.12. The summed E-state index contributed by atoms with van der Waals surface area (Å²) in [6, 6.07) is 13.2. The van der Waals surface area contributed by atoms with Gasteiger partial charge in [-0.3, -0.25) is 9.59 Å². The maximum Gasteiger partial charge on any atom is 0.295 e. The molecule has 1 aliphatic rings. The Morgan fingerprint density at radius 1 is 1.17 bits per heavy atom. The van der Waals surface area contributed by atoms with Crippen LogP contribution < -0.4 is 5.73 Å². The molecule has 6 heteroatoms. The maximum atomic E-state index is 13.3. The Bertz CT molecular complexity index is 833. The molecule has 0 bridgehead atoms. The molecule has 1 aliphatic heterocycles. The molecule has 0 radical (unpaired) electrons. The molecule has 2 aromatic carbocycles. The van der Waals surface area contributed by atoms with Gasteiger partial charge in [-0.05, 0) is 48.0 Å². The number of carbonyl (C=O) groups is 2. The molecule has 0 aromatic heterocycles. The largest absolute Gasteiger partial charge is 0.307 e. The van der Waals surface area contributed by atoms with Crippen LogP contribution in [0.3, 0.4) is 0 Å². The standard InChI is InChI=1S/C18H15FN2O2S/c1-11-5-7-13(8-6-11)16(20)21-17(22)15(24-18(21)23)10-12-3-2-4-14(19)9-12/h2-10,16H,20H2,1H3/b15-10-. The number of carbonyl (C=O) groups excluding carboxylic acids is 2. The first kappa shape index (κ1) is 16.4. The Hall–Kier alpha value is -2.44. The van der Waals surface area contributed by atoms with Crippen molar-refractivity contribution in [1.82, 2.24) is 4.90 Å². The van der Waals surface area contributed by atoms with Crippen LogP contribution in [0.5, 0.6) is 0 Å². The highest BCUT2D eigenvalue weighted by atomic mass is 32.2. The molecule has 2 amide bonds. The lowest BCUT2D eigenvalue weighted by molar-refractivity contribution is -0.124. The van der Waals surface area contributed by atoms with Crippen LogP contribution in [0.15, 0.2) is 53.4 Å². The Morgan fingerprint density at radius 3 is 2.54 bits per heavy atom. The van der Waals surface area contributed by atoms with Crippen molar-refractivity contribution in [2.45, 2.75) is 13.1 Å². The molecule has 1 fully saturated rings. The number of benzene rings is 2. The molecule has 2 aromatic rings. The van der Waals surface area contributed by atoms with E-state index in [4.69, 9.17) is 5.73 Å². The fourth-order valence-corrected chi connectivity index (χ4v) is 3.24. The van der Waals surface area contributed by atoms with E-state index in [1.54, 1.807) is 24.3 Å². The summed E-state index contributed by atoms with van der Waals surface area (Å²) in [5.41, 5.74) is 8.35. The summed E-state index contributed by atoms with van der Waals surface area (Å²) in [7, 11) is 0. The molecule has 1 atom stereocenters. The Morgan fingerprint density at radius 2 is 1.88 bits per heavy atom. The number of hydrogen-bond donors (Lipinski definition) is 1. The predicted octanol–water partition coefficient (Wildman–Crippen LogP) is 3.83. The number of hydrogen-bond acceptors (Lipinski definition) is 4. The average molecular weight is 342 g/mol. The van der Waals surface area contributed by atoms with E-state index in [1.165, 1.54) is 18.2 Å². The van der Waals surface area contributed by atoms with E-state index in [0.717, 1.165) is 22.2 Å². The number of nitrogens with two attached hydrogens (primary N) is 1. The molecule has 4 nitrogen and oxygen atoms in total. The molecular weight excluding hydrogens is 327 g/mol. The predicted molar refractivity (Wildman–Crippen MR) is 92.3 cm³/mol. The number of halogens is 1. The third kappa shape index (κ3) is 3.25. The van der Waals surface area contributed by atoms with Crippen molar-refractivity contribution in [1.29, 1.82) is 0 Å². The van der Waals surface area contributed by atoms with Crippen molar-refractivity contribution >= 4 is 29.0 Å². The molecule has 2 N–H and O–H groups in total. The highest BCUT2D eigenvalue weighted by Gasteiger charge is 2.39. The lowest BCUT2D eigenvalue weighted by Gasteiger charge is -2.21. The van der Waals surface area contributed by atoms with Gasteiger partial charge in [-0.25, -0.2) is 9.29 Å². The van der Waals surface area contributed by atoms with Gasteiger partial charge in [0, 0.05) is 0 Å². The van der Waals surface area contributed by atoms with Crippen molar-refractivity contribution in [3.8, 4) is 0 Å². The number of aryl methyl sites for hydroxylation is 1. The monoisotopic (exact) mass is 342 g/mol. The van der Waals surface area contributed by atoms with Gasteiger partial charge in [0.25, 0.3) is 11.1 Å². The van der Waals surface area contributed by atoms with Gasteiger partial charge in [-0.1, -0.05) is 42.0 Å². The van der Waals surface area contributed by atoms with Crippen molar-refractivity contribution in [3.63, 3.8) is 0 Å². The number of imide groups is 1. The summed E-state index contributed by atoms with van der Waals surface area (Å²) in [4.78, 5) is 26.0. The van der Waals surface area contributed by atoms with Crippen LogP contribution in [0.1, 0.15) is 22.9 Å². The normalized spacial score (nSPS) is 17.6. The SMILES string of the molecule is Cc1ccc(C(N)N2C(=O)S/C(=C\c3cccc(F)c3)C2=O)cc1.